The maximum absolute atomic E-state index is 14.0. The van der Waals surface area contributed by atoms with Crippen LogP contribution in [0, 0.1) is 5.82 Å². The molecule has 2 aliphatic rings. The van der Waals surface area contributed by atoms with Gasteiger partial charge in [0, 0.05) is 49.8 Å². The van der Waals surface area contributed by atoms with E-state index in [-0.39, 0.29) is 29.5 Å². The molecule has 1 fully saturated rings. The Labute approximate surface area is 222 Å². The van der Waals surface area contributed by atoms with Gasteiger partial charge in [-0.1, -0.05) is 41.1 Å². The lowest BCUT2D eigenvalue weighted by Gasteiger charge is -2.25. The second-order valence-corrected chi connectivity index (χ2v) is 12.5. The molecule has 1 aromatic heterocycles. The number of fused-ring (bicyclic) bond motifs is 2. The number of likely N-dealkylation sites (tertiary alicyclic amines) is 1. The number of aromatic nitrogens is 1. The molecule has 3 heterocycles. The number of benzene rings is 2. The minimum absolute atomic E-state index is 0.00259. The van der Waals surface area contributed by atoms with E-state index in [4.69, 9.17) is 11.6 Å². The largest absolute Gasteiger partial charge is 0.342 e. The zero-order chi connectivity index (χ0) is 26.4. The predicted octanol–water partition coefficient (Wildman–Crippen LogP) is 3.96. The van der Waals surface area contributed by atoms with Crippen molar-refractivity contribution in [2.24, 2.45) is 0 Å². The first-order valence-corrected chi connectivity index (χ1v) is 14.1. The molecular weight excluding hydrogens is 541 g/mol. The van der Waals surface area contributed by atoms with Gasteiger partial charge in [0.15, 0.2) is 5.13 Å². The quantitative estimate of drug-likeness (QED) is 0.488. The number of carbonyl (C=O) groups excluding carboxylic acids is 2. The van der Waals surface area contributed by atoms with Crippen molar-refractivity contribution >= 4 is 55.7 Å². The molecule has 2 N–H and O–H groups in total. The Balaban J connectivity index is 1.47. The number of hydrogen-bond donors (Lipinski definition) is 2. The van der Waals surface area contributed by atoms with Crippen LogP contribution in [0.5, 0.6) is 0 Å². The van der Waals surface area contributed by atoms with Gasteiger partial charge in [-0.2, -0.15) is 0 Å². The summed E-state index contributed by atoms with van der Waals surface area (Å²) in [6.07, 6.45) is 2.01. The summed E-state index contributed by atoms with van der Waals surface area (Å²) in [5.41, 5.74) is 0.813. The Bertz CT molecular complexity index is 1500. The summed E-state index contributed by atoms with van der Waals surface area (Å²) in [7, 11) is -4.00. The number of halogens is 2. The summed E-state index contributed by atoms with van der Waals surface area (Å²) >= 11 is 7.06. The molecule has 0 aliphatic carbocycles. The van der Waals surface area contributed by atoms with Crippen LogP contribution < -0.4 is 14.9 Å². The Morgan fingerprint density at radius 1 is 1.22 bits per heavy atom. The van der Waals surface area contributed by atoms with E-state index in [1.807, 2.05) is 0 Å². The van der Waals surface area contributed by atoms with Crippen molar-refractivity contribution < 1.29 is 22.4 Å². The van der Waals surface area contributed by atoms with Crippen molar-refractivity contribution in [2.75, 3.05) is 29.9 Å². The number of anilines is 2. The van der Waals surface area contributed by atoms with Gasteiger partial charge in [-0.3, -0.25) is 15.0 Å². The van der Waals surface area contributed by atoms with E-state index in [0.717, 1.165) is 11.3 Å². The molecule has 1 unspecified atom stereocenters. The van der Waals surface area contributed by atoms with Crippen molar-refractivity contribution in [1.82, 2.24) is 14.6 Å². The summed E-state index contributed by atoms with van der Waals surface area (Å²) in [6.45, 7) is 2.39. The zero-order valence-corrected chi connectivity index (χ0v) is 22.1. The van der Waals surface area contributed by atoms with Crippen molar-refractivity contribution in [3.8, 4) is 0 Å². The number of urea groups is 1. The second kappa shape index (κ2) is 9.67. The Morgan fingerprint density at radius 3 is 2.68 bits per heavy atom. The smallest absolute Gasteiger partial charge is 0.328 e. The molecule has 9 nitrogen and oxygen atoms in total. The summed E-state index contributed by atoms with van der Waals surface area (Å²) in [5, 5.41) is 3.08. The monoisotopic (exact) mass is 563 g/mol. The highest BCUT2D eigenvalue weighted by Gasteiger charge is 2.50. The molecule has 1 saturated heterocycles. The molecule has 2 aliphatic heterocycles. The molecule has 3 amide bonds. The maximum Gasteiger partial charge on any atom is 0.328 e. The van der Waals surface area contributed by atoms with Crippen LogP contribution in [0.25, 0.3) is 0 Å². The summed E-state index contributed by atoms with van der Waals surface area (Å²) in [4.78, 5) is 32.6. The number of nitrogens with one attached hydrogen (secondary N) is 2. The fourth-order valence-corrected chi connectivity index (χ4v) is 6.69. The SMILES string of the molecule is CC(=O)N1CCC2(C1)CN(C(=O)Nc1ncc(Cl)s1)c1ccc(S(=O)(=O)NCc3ccccc3F)cc12. The van der Waals surface area contributed by atoms with Crippen LogP contribution in [0.15, 0.2) is 53.6 Å². The number of thiazole rings is 1. The van der Waals surface area contributed by atoms with Crippen LogP contribution in [0.2, 0.25) is 4.34 Å². The zero-order valence-electron chi connectivity index (χ0n) is 19.7. The van der Waals surface area contributed by atoms with Crippen LogP contribution in [0.4, 0.5) is 20.0 Å². The number of hydrogen-bond acceptors (Lipinski definition) is 6. The molecule has 0 bridgehead atoms. The number of carbonyl (C=O) groups is 2. The van der Waals surface area contributed by atoms with E-state index >= 15 is 0 Å². The Morgan fingerprint density at radius 2 is 2.00 bits per heavy atom. The van der Waals surface area contributed by atoms with E-state index in [2.05, 4.69) is 15.0 Å². The number of rotatable bonds is 5. The molecule has 37 heavy (non-hydrogen) atoms. The topological polar surface area (TPSA) is 112 Å². The summed E-state index contributed by atoms with van der Waals surface area (Å²) < 4.78 is 43.2. The molecule has 2 aromatic carbocycles. The Hall–Kier alpha value is -3.06. The van der Waals surface area contributed by atoms with Crippen LogP contribution in [0.3, 0.4) is 0 Å². The van der Waals surface area contributed by atoms with Crippen molar-refractivity contribution in [3.05, 3.63) is 69.9 Å². The molecular formula is C24H23ClFN5O4S2. The van der Waals surface area contributed by atoms with Gasteiger partial charge < -0.3 is 4.90 Å². The van der Waals surface area contributed by atoms with Gasteiger partial charge in [0.05, 0.1) is 11.1 Å². The van der Waals surface area contributed by atoms with E-state index in [9.17, 15) is 22.4 Å². The average Bonchev–Trinajstić information content (AvgIpc) is 3.56. The highest BCUT2D eigenvalue weighted by molar-refractivity contribution is 7.89. The first kappa shape index (κ1) is 25.6. The molecule has 1 atom stereocenters. The first-order valence-electron chi connectivity index (χ1n) is 11.4. The van der Waals surface area contributed by atoms with Crippen molar-refractivity contribution in [1.29, 1.82) is 0 Å². The lowest BCUT2D eigenvalue weighted by Crippen LogP contribution is -2.41. The average molecular weight is 564 g/mol. The number of sulfonamides is 1. The molecule has 194 valence electrons. The predicted molar refractivity (Wildman–Crippen MR) is 139 cm³/mol. The third kappa shape index (κ3) is 4.93. The highest BCUT2D eigenvalue weighted by atomic mass is 35.5. The number of nitrogens with zero attached hydrogens (tertiary/aromatic N) is 3. The van der Waals surface area contributed by atoms with Crippen molar-refractivity contribution in [3.63, 3.8) is 0 Å². The second-order valence-electron chi connectivity index (χ2n) is 9.05. The summed E-state index contributed by atoms with van der Waals surface area (Å²) in [6, 6.07) is 10.1. The van der Waals surface area contributed by atoms with Crippen LogP contribution in [-0.2, 0) is 26.8 Å². The van der Waals surface area contributed by atoms with Gasteiger partial charge >= 0.3 is 6.03 Å². The lowest BCUT2D eigenvalue weighted by atomic mass is 9.81. The lowest BCUT2D eigenvalue weighted by molar-refractivity contribution is -0.127. The highest BCUT2D eigenvalue weighted by Crippen LogP contribution is 2.47. The standard InChI is InChI=1S/C24H23ClFN5O4S2/c1-15(32)30-9-8-24(13-30)14-31(23(33)29-22-27-12-21(25)36-22)20-7-6-17(10-18(20)24)37(34,35)28-11-16-4-2-3-5-19(16)26/h2-7,10,12,28H,8-9,11,13-14H2,1H3,(H,27,29,33). The summed E-state index contributed by atoms with van der Waals surface area (Å²) in [5.74, 6) is -0.592. The normalized spacial score (nSPS) is 18.9. The first-order chi connectivity index (χ1) is 17.6. The number of amides is 3. The van der Waals surface area contributed by atoms with Crippen molar-refractivity contribution in [2.45, 2.75) is 30.2 Å². The molecule has 13 heteroatoms. The van der Waals surface area contributed by atoms with Crippen LogP contribution >= 0.6 is 22.9 Å². The molecule has 5 rings (SSSR count). The van der Waals surface area contributed by atoms with Gasteiger partial charge in [-0.25, -0.2) is 27.3 Å². The van der Waals surface area contributed by atoms with E-state index in [0.29, 0.717) is 40.2 Å². The maximum atomic E-state index is 14.0. The van der Waals surface area contributed by atoms with Gasteiger partial charge in [0.1, 0.15) is 10.2 Å². The van der Waals surface area contributed by atoms with E-state index in [1.165, 1.54) is 42.3 Å². The third-order valence-electron chi connectivity index (χ3n) is 6.75. The van der Waals surface area contributed by atoms with E-state index < -0.39 is 27.3 Å². The fraction of sp³-hybridized carbons (Fsp3) is 0.292. The molecule has 0 saturated carbocycles. The molecule has 0 radical (unpaired) electrons. The van der Waals surface area contributed by atoms with Crippen LogP contribution in [0.1, 0.15) is 24.5 Å². The van der Waals surface area contributed by atoms with Gasteiger partial charge in [0.25, 0.3) is 0 Å². The fourth-order valence-electron chi connectivity index (χ4n) is 4.86. The van der Waals surface area contributed by atoms with Gasteiger partial charge in [-0.05, 0) is 36.2 Å². The van der Waals surface area contributed by atoms with Gasteiger partial charge in [-0.15, -0.1) is 0 Å². The minimum Gasteiger partial charge on any atom is -0.342 e. The van der Waals surface area contributed by atoms with E-state index in [1.54, 1.807) is 23.1 Å². The Kier molecular flexibility index (Phi) is 6.69. The minimum atomic E-state index is -4.00. The van der Waals surface area contributed by atoms with Gasteiger partial charge in [0.2, 0.25) is 15.9 Å². The molecule has 3 aromatic rings. The van der Waals surface area contributed by atoms with Crippen LogP contribution in [-0.4, -0.2) is 49.9 Å². The molecule has 1 spiro atoms. The third-order valence-corrected chi connectivity index (χ3v) is 9.18.